The van der Waals surface area contributed by atoms with Crippen LogP contribution in [0.1, 0.15) is 57.1 Å². The largest absolute Gasteiger partial charge is 1.00 e. The Labute approximate surface area is 539 Å². The minimum atomic E-state index is -3.56. The van der Waals surface area contributed by atoms with Crippen molar-refractivity contribution in [1.82, 2.24) is 61.5 Å². The standard InChI is InChI=1S/C16H18N6O4S.C12H12ClN5O3S.C6H5Cl2N3O.C6H8N2O2S.C6H18NSi2.C4H7NO.Li/c1-17-16(24)13-10(8-12(21-22-13)20-15(23)9-5-6-9)19-14-11(27(2,25)26)4-3-7-18-14;1-14-12(19)10-7(6-9(13)17-18-10)16-11-8(22(2,20)21)4-3-5-15-11;1-9-6(12)5-3(7)2-4(8)10-11-5;1-11(9,10)5-3-2-4-8-6(5)7;1-8(2,3)7-9(4,5)6;5-4(6)3-1-2-3;/h3-4,7-9H,5-6H2,1-2H3,(H,17,24)(H2,18,19,20,21,23);3-6H,1-2H3,(H,14,19)(H,15,16,17);2H,1H3,(H,9,12);2-4H,1H3,(H2,7,8);1-6H3;3H,1-2H2,(H2,5,6);/q;;;;-1;;+1. The number of amides is 5. The Morgan fingerprint density at radius 2 is 0.920 bits per heavy atom. The van der Waals surface area contributed by atoms with Crippen molar-refractivity contribution in [3.05, 3.63) is 110 Å². The van der Waals surface area contributed by atoms with Gasteiger partial charge in [-0.3, -0.25) is 24.0 Å². The number of anilines is 6. The SMILES string of the molecule is CNC(=O)c1nnc(Cl)cc1Cl.CNC(=O)c1nnc(Cl)cc1Nc1ncccc1S(C)(=O)=O.CNC(=O)c1nnc(NC(=O)C2CC2)cc1Nc1ncccc1S(C)(=O)=O.CS(=O)(=O)c1cccnc1N.C[Si](C)(C)[N-][Si](C)(C)C.NC(=O)C1CC1.[Li+]. The first kappa shape index (κ1) is 77.2. The Hall–Kier alpha value is -6.85. The first-order chi connectivity index (χ1) is 40.3. The van der Waals surface area contributed by atoms with Crippen LogP contribution in [0, 0.1) is 11.8 Å². The van der Waals surface area contributed by atoms with E-state index in [1.807, 2.05) is 0 Å². The number of pyridine rings is 3. The molecule has 6 heterocycles. The van der Waals surface area contributed by atoms with Crippen molar-refractivity contribution in [2.24, 2.45) is 17.6 Å². The van der Waals surface area contributed by atoms with Crippen molar-refractivity contribution < 1.29 is 68.1 Å². The zero-order valence-electron chi connectivity index (χ0n) is 50.4. The predicted molar refractivity (Wildman–Crippen MR) is 338 cm³/mol. The number of primary amides is 1. The molecule has 0 atom stereocenters. The fraction of sp³-hybridized carbons (Fsp3) is 0.360. The van der Waals surface area contributed by atoms with Gasteiger partial charge in [-0.25, -0.2) is 40.2 Å². The van der Waals surface area contributed by atoms with Crippen molar-refractivity contribution in [3.63, 3.8) is 0 Å². The van der Waals surface area contributed by atoms with Crippen LogP contribution in [-0.4, -0.2) is 157 Å². The summed E-state index contributed by atoms with van der Waals surface area (Å²) in [7, 11) is -8.14. The third kappa shape index (κ3) is 27.3. The van der Waals surface area contributed by atoms with Crippen LogP contribution < -0.4 is 62.2 Å². The van der Waals surface area contributed by atoms with E-state index in [2.05, 4.69) is 117 Å². The zero-order valence-corrected chi connectivity index (χ0v) is 57.1. The number of carbonyl (C=O) groups excluding carboxylic acids is 5. The molecule has 0 aromatic carbocycles. The molecule has 0 bridgehead atoms. The summed E-state index contributed by atoms with van der Waals surface area (Å²) in [5.74, 6) is -1.19. The van der Waals surface area contributed by atoms with E-state index >= 15 is 0 Å². The second kappa shape index (κ2) is 34.2. The molecule has 2 aliphatic carbocycles. The molecule has 2 fully saturated rings. The Balaban J connectivity index is 0.000000385. The average molecular weight is 1360 g/mol. The average Bonchev–Trinajstić information content (AvgIpc) is 4.50. The third-order valence-corrected chi connectivity index (χ3v) is 19.9. The number of nitrogens with zero attached hydrogens (tertiary/aromatic N) is 10. The summed E-state index contributed by atoms with van der Waals surface area (Å²) in [6.07, 6.45) is 11.2. The van der Waals surface area contributed by atoms with Gasteiger partial charge in [0.15, 0.2) is 62.7 Å². The van der Waals surface area contributed by atoms with Gasteiger partial charge in [-0.15, -0.1) is 30.6 Å². The van der Waals surface area contributed by atoms with Crippen molar-refractivity contribution in [2.45, 2.75) is 79.7 Å². The molecular formula is C50H68Cl3LiN18O11S3Si2. The monoisotopic (exact) mass is 1360 g/mol. The molecule has 10 N–H and O–H groups in total. The van der Waals surface area contributed by atoms with Gasteiger partial charge in [-0.1, -0.05) is 90.6 Å². The van der Waals surface area contributed by atoms with Gasteiger partial charge in [0.2, 0.25) is 11.8 Å². The van der Waals surface area contributed by atoms with E-state index < -0.39 is 57.8 Å². The molecule has 472 valence electrons. The molecule has 6 aromatic rings. The molecular weight excluding hydrogens is 1290 g/mol. The summed E-state index contributed by atoms with van der Waals surface area (Å²) >= 11 is 16.9. The van der Waals surface area contributed by atoms with E-state index in [-0.39, 0.29) is 130 Å². The maximum atomic E-state index is 12.1. The van der Waals surface area contributed by atoms with Crippen molar-refractivity contribution in [2.75, 3.05) is 61.6 Å². The molecule has 0 spiro atoms. The molecule has 2 aliphatic rings. The van der Waals surface area contributed by atoms with Crippen LogP contribution in [0.2, 0.25) is 54.6 Å². The second-order valence-corrected chi connectivity index (χ2v) is 37.3. The van der Waals surface area contributed by atoms with Crippen LogP contribution in [0.4, 0.5) is 34.6 Å². The number of hydrogen-bond donors (Lipinski definition) is 8. The summed E-state index contributed by atoms with van der Waals surface area (Å²) in [6.45, 7) is 13.8. The van der Waals surface area contributed by atoms with Gasteiger partial charge in [0, 0.05) is 82.5 Å². The topological polar surface area (TPSA) is 442 Å². The molecule has 88 heavy (non-hydrogen) atoms. The molecule has 0 aliphatic heterocycles. The Morgan fingerprint density at radius 1 is 0.545 bits per heavy atom. The van der Waals surface area contributed by atoms with Crippen LogP contribution in [0.15, 0.2) is 87.9 Å². The number of hydrogen-bond acceptors (Lipinski definition) is 23. The number of halogens is 3. The molecule has 29 nitrogen and oxygen atoms in total. The van der Waals surface area contributed by atoms with Crippen molar-refractivity contribution >= 4 is 145 Å². The van der Waals surface area contributed by atoms with Crippen molar-refractivity contribution in [1.29, 1.82) is 0 Å². The third-order valence-electron chi connectivity index (χ3n) is 10.5. The minimum absolute atomic E-state index is 0. The fourth-order valence-electron chi connectivity index (χ4n) is 6.69. The predicted octanol–water partition coefficient (Wildman–Crippen LogP) is 2.88. The number of sulfone groups is 3. The van der Waals surface area contributed by atoms with Crippen LogP contribution in [0.5, 0.6) is 0 Å². The van der Waals surface area contributed by atoms with Gasteiger partial charge < -0.3 is 48.0 Å². The Morgan fingerprint density at radius 3 is 1.26 bits per heavy atom. The van der Waals surface area contributed by atoms with Gasteiger partial charge in [0.25, 0.3) is 17.7 Å². The molecule has 0 radical (unpaired) electrons. The van der Waals surface area contributed by atoms with Crippen LogP contribution in [0.3, 0.4) is 0 Å². The second-order valence-electron chi connectivity index (χ2n) is 20.6. The van der Waals surface area contributed by atoms with Gasteiger partial charge >= 0.3 is 18.9 Å². The molecule has 38 heteroatoms. The molecule has 6 aromatic heterocycles. The summed E-state index contributed by atoms with van der Waals surface area (Å²) in [6, 6.07) is 12.9. The molecule has 0 saturated heterocycles. The number of nitrogen functional groups attached to an aromatic ring is 1. The first-order valence-corrected chi connectivity index (χ1v) is 39.3. The normalized spacial score (nSPS) is 12.5. The summed E-state index contributed by atoms with van der Waals surface area (Å²) < 4.78 is 74.2. The zero-order chi connectivity index (χ0) is 65.8. The smallest absolute Gasteiger partial charge is 0.668 e. The van der Waals surface area contributed by atoms with Gasteiger partial charge in [-0.05, 0) is 68.1 Å². The summed E-state index contributed by atoms with van der Waals surface area (Å²) in [5.41, 5.74) is 10.5. The van der Waals surface area contributed by atoms with Crippen LogP contribution in [0.25, 0.3) is 4.65 Å². The number of aromatic nitrogens is 9. The quantitative estimate of drug-likeness (QED) is 0.0685. The minimum Gasteiger partial charge on any atom is -0.668 e. The molecule has 0 unspecified atom stereocenters. The number of carbonyl (C=O) groups is 5. The Bertz CT molecular complexity index is 3780. The number of nitrogens with two attached hydrogens (primary N) is 2. The molecule has 2 saturated carbocycles. The van der Waals surface area contributed by atoms with E-state index in [0.29, 0.717) is 0 Å². The molecule has 8 rings (SSSR count). The van der Waals surface area contributed by atoms with Gasteiger partial charge in [-0.2, -0.15) is 0 Å². The summed E-state index contributed by atoms with van der Waals surface area (Å²) in [5, 5.41) is 37.8. The van der Waals surface area contributed by atoms with E-state index in [1.165, 1.54) is 94.3 Å². The number of nitrogens with one attached hydrogen (secondary N) is 6. The van der Waals surface area contributed by atoms with Gasteiger partial charge in [0.1, 0.15) is 32.1 Å². The van der Waals surface area contributed by atoms with E-state index in [1.54, 1.807) is 0 Å². The first-order valence-electron chi connectivity index (χ1n) is 25.6. The van der Waals surface area contributed by atoms with Crippen LogP contribution in [-0.2, 0) is 39.1 Å². The maximum Gasteiger partial charge on any atom is 1.00 e. The summed E-state index contributed by atoms with van der Waals surface area (Å²) in [4.78, 5) is 68.5. The Kier molecular flexibility index (Phi) is 30.0. The number of rotatable bonds is 15. The van der Waals surface area contributed by atoms with Crippen molar-refractivity contribution in [3.8, 4) is 0 Å². The van der Waals surface area contributed by atoms with Crippen LogP contribution >= 0.6 is 34.8 Å². The fourth-order valence-corrected chi connectivity index (χ4v) is 17.6. The van der Waals surface area contributed by atoms with E-state index in [9.17, 15) is 49.2 Å². The maximum absolute atomic E-state index is 12.1. The van der Waals surface area contributed by atoms with Gasteiger partial charge in [0.05, 0.1) is 16.4 Å². The van der Waals surface area contributed by atoms with E-state index in [0.717, 1.165) is 44.5 Å². The van der Waals surface area contributed by atoms with E-state index in [4.69, 9.17) is 50.9 Å². The molecule has 5 amide bonds.